The van der Waals surface area contributed by atoms with E-state index in [-0.39, 0.29) is 0 Å². The van der Waals surface area contributed by atoms with E-state index in [0.717, 1.165) is 6.42 Å². The van der Waals surface area contributed by atoms with E-state index in [2.05, 4.69) is 4.98 Å². The van der Waals surface area contributed by atoms with Crippen molar-refractivity contribution in [2.75, 3.05) is 5.75 Å². The van der Waals surface area contributed by atoms with Crippen LogP contribution in [0.25, 0.3) is 0 Å². The van der Waals surface area contributed by atoms with Crippen molar-refractivity contribution < 1.29 is 4.21 Å². The maximum absolute atomic E-state index is 11.9. The fraction of sp³-hybridized carbons (Fsp3) is 0.154. The van der Waals surface area contributed by atoms with Gasteiger partial charge in [0.15, 0.2) is 0 Å². The van der Waals surface area contributed by atoms with E-state index < -0.39 is 10.8 Å². The summed E-state index contributed by atoms with van der Waals surface area (Å²) in [6.07, 6.45) is 2.31. The van der Waals surface area contributed by atoms with Gasteiger partial charge in [-0.05, 0) is 24.1 Å². The van der Waals surface area contributed by atoms with Gasteiger partial charge in [0, 0.05) is 11.9 Å². The van der Waals surface area contributed by atoms with Gasteiger partial charge in [-0.15, -0.1) is 0 Å². The third kappa shape index (κ3) is 3.65. The van der Waals surface area contributed by atoms with Gasteiger partial charge in [-0.2, -0.15) is 0 Å². The molecule has 0 amide bonds. The molecular formula is C13H12ClNOS. The molecule has 0 aliphatic carbocycles. The maximum Gasteiger partial charge on any atom is 0.127 e. The number of aryl methyl sites for hydroxylation is 1. The van der Waals surface area contributed by atoms with Crippen molar-refractivity contribution in [3.05, 3.63) is 59.2 Å². The highest BCUT2D eigenvalue weighted by atomic mass is 35.5. The quantitative estimate of drug-likeness (QED) is 0.850. The van der Waals surface area contributed by atoms with Crippen LogP contribution in [0.3, 0.4) is 0 Å². The van der Waals surface area contributed by atoms with Gasteiger partial charge in [-0.1, -0.05) is 41.9 Å². The zero-order chi connectivity index (χ0) is 12.1. The van der Waals surface area contributed by atoms with Gasteiger partial charge >= 0.3 is 0 Å². The second-order valence-corrected chi connectivity index (χ2v) is 5.55. The molecule has 0 spiro atoms. The van der Waals surface area contributed by atoms with Gasteiger partial charge in [0.05, 0.1) is 15.8 Å². The number of benzene rings is 1. The minimum atomic E-state index is -1.06. The summed E-state index contributed by atoms with van der Waals surface area (Å²) in [7, 11) is -1.06. The molecule has 4 heteroatoms. The van der Waals surface area contributed by atoms with Gasteiger partial charge < -0.3 is 0 Å². The first kappa shape index (κ1) is 12.3. The molecule has 17 heavy (non-hydrogen) atoms. The average molecular weight is 266 g/mol. The van der Waals surface area contributed by atoms with E-state index in [0.29, 0.717) is 15.8 Å². The molecule has 1 aromatic carbocycles. The molecule has 2 rings (SSSR count). The third-order valence-corrected chi connectivity index (χ3v) is 3.86. The van der Waals surface area contributed by atoms with Crippen LogP contribution in [0.1, 0.15) is 5.56 Å². The summed E-state index contributed by atoms with van der Waals surface area (Å²) < 4.78 is 11.9. The third-order valence-electron chi connectivity index (χ3n) is 2.35. The fourth-order valence-corrected chi connectivity index (χ4v) is 2.59. The molecule has 2 aromatic rings. The molecule has 1 unspecified atom stereocenters. The molecule has 0 fully saturated rings. The summed E-state index contributed by atoms with van der Waals surface area (Å²) in [5.41, 5.74) is 1.19. The lowest BCUT2D eigenvalue weighted by Gasteiger charge is -2.02. The molecule has 88 valence electrons. The molecule has 0 N–H and O–H groups in total. The van der Waals surface area contributed by atoms with Crippen molar-refractivity contribution in [3.63, 3.8) is 0 Å². The van der Waals surface area contributed by atoms with Crippen molar-refractivity contribution >= 4 is 22.4 Å². The Morgan fingerprint density at radius 1 is 1.12 bits per heavy atom. The first-order chi connectivity index (χ1) is 8.25. The van der Waals surface area contributed by atoms with Crippen LogP contribution in [0.2, 0.25) is 5.02 Å². The number of hydrogen-bond acceptors (Lipinski definition) is 2. The van der Waals surface area contributed by atoms with Crippen molar-refractivity contribution in [1.82, 2.24) is 4.98 Å². The highest BCUT2D eigenvalue weighted by Crippen LogP contribution is 2.10. The number of halogens is 1. The summed E-state index contributed by atoms with van der Waals surface area (Å²) >= 11 is 5.73. The summed E-state index contributed by atoms with van der Waals surface area (Å²) in [4.78, 5) is 4.06. The van der Waals surface area contributed by atoms with Crippen LogP contribution in [0.15, 0.2) is 53.7 Å². The lowest BCUT2D eigenvalue weighted by Crippen LogP contribution is -2.03. The van der Waals surface area contributed by atoms with E-state index in [1.165, 1.54) is 11.8 Å². The van der Waals surface area contributed by atoms with Gasteiger partial charge in [0.2, 0.25) is 0 Å². The Bertz CT molecular complexity index is 499. The Morgan fingerprint density at radius 2 is 1.88 bits per heavy atom. The first-order valence-electron chi connectivity index (χ1n) is 5.29. The smallest absolute Gasteiger partial charge is 0.127 e. The molecule has 0 radical (unpaired) electrons. The summed E-state index contributed by atoms with van der Waals surface area (Å²) in [6.45, 7) is 0. The molecule has 1 atom stereocenters. The number of aromatic nitrogens is 1. The van der Waals surface area contributed by atoms with Crippen molar-refractivity contribution in [2.45, 2.75) is 11.4 Å². The van der Waals surface area contributed by atoms with E-state index in [4.69, 9.17) is 11.6 Å². The second-order valence-electron chi connectivity index (χ2n) is 3.60. The SMILES string of the molecule is O=S(CCc1ccccc1)c1ccc(Cl)cn1. The minimum Gasteiger partial charge on any atom is -0.253 e. The van der Waals surface area contributed by atoms with Crippen molar-refractivity contribution in [2.24, 2.45) is 0 Å². The average Bonchev–Trinajstić information content (AvgIpc) is 2.38. The normalized spacial score (nSPS) is 12.3. The van der Waals surface area contributed by atoms with Crippen LogP contribution in [0.4, 0.5) is 0 Å². The topological polar surface area (TPSA) is 30.0 Å². The van der Waals surface area contributed by atoms with Crippen LogP contribution in [-0.2, 0) is 17.2 Å². The van der Waals surface area contributed by atoms with E-state index in [1.54, 1.807) is 12.1 Å². The Labute approximate surface area is 108 Å². The maximum atomic E-state index is 11.9. The molecule has 0 saturated heterocycles. The molecule has 1 heterocycles. The monoisotopic (exact) mass is 265 g/mol. The van der Waals surface area contributed by atoms with Gasteiger partial charge in [0.1, 0.15) is 5.03 Å². The Morgan fingerprint density at radius 3 is 2.53 bits per heavy atom. The summed E-state index contributed by atoms with van der Waals surface area (Å²) in [5, 5.41) is 1.15. The first-order valence-corrected chi connectivity index (χ1v) is 6.99. The van der Waals surface area contributed by atoms with Gasteiger partial charge in [-0.3, -0.25) is 4.21 Å². The van der Waals surface area contributed by atoms with Crippen LogP contribution < -0.4 is 0 Å². The molecule has 1 aromatic heterocycles. The Hall–Kier alpha value is -1.19. The van der Waals surface area contributed by atoms with Gasteiger partial charge in [-0.25, -0.2) is 4.98 Å². The number of pyridine rings is 1. The lowest BCUT2D eigenvalue weighted by molar-refractivity contribution is 0.679. The number of nitrogens with zero attached hydrogens (tertiary/aromatic N) is 1. The Kier molecular flexibility index (Phi) is 4.29. The van der Waals surface area contributed by atoms with Crippen LogP contribution in [-0.4, -0.2) is 14.9 Å². The molecule has 0 aliphatic heterocycles. The van der Waals surface area contributed by atoms with Crippen molar-refractivity contribution in [3.8, 4) is 0 Å². The largest absolute Gasteiger partial charge is 0.253 e. The predicted octanol–water partition coefficient (Wildman–Crippen LogP) is 3.09. The zero-order valence-corrected chi connectivity index (χ0v) is 10.7. The standard InChI is InChI=1S/C13H12ClNOS/c14-12-6-7-13(15-10-12)17(16)9-8-11-4-2-1-3-5-11/h1-7,10H,8-9H2. The van der Waals surface area contributed by atoms with Crippen LogP contribution >= 0.6 is 11.6 Å². The highest BCUT2D eigenvalue weighted by molar-refractivity contribution is 7.84. The van der Waals surface area contributed by atoms with Crippen molar-refractivity contribution in [1.29, 1.82) is 0 Å². The molecule has 0 bridgehead atoms. The molecule has 0 aliphatic rings. The second kappa shape index (κ2) is 5.94. The number of hydrogen-bond donors (Lipinski definition) is 0. The Balaban J connectivity index is 1.96. The van der Waals surface area contributed by atoms with Gasteiger partial charge in [0.25, 0.3) is 0 Å². The summed E-state index contributed by atoms with van der Waals surface area (Å²) in [5.74, 6) is 0.582. The lowest BCUT2D eigenvalue weighted by atomic mass is 10.2. The zero-order valence-electron chi connectivity index (χ0n) is 9.17. The molecular weight excluding hydrogens is 254 g/mol. The number of rotatable bonds is 4. The van der Waals surface area contributed by atoms with E-state index in [1.807, 2.05) is 30.3 Å². The molecule has 0 saturated carbocycles. The fourth-order valence-electron chi connectivity index (χ4n) is 1.46. The summed E-state index contributed by atoms with van der Waals surface area (Å²) in [6, 6.07) is 13.4. The van der Waals surface area contributed by atoms with E-state index >= 15 is 0 Å². The molecule has 2 nitrogen and oxygen atoms in total. The predicted molar refractivity (Wildman–Crippen MR) is 70.7 cm³/mol. The van der Waals surface area contributed by atoms with Crippen LogP contribution in [0, 0.1) is 0 Å². The minimum absolute atomic E-state index is 0.564. The van der Waals surface area contributed by atoms with E-state index in [9.17, 15) is 4.21 Å². The highest BCUT2D eigenvalue weighted by Gasteiger charge is 2.05. The van der Waals surface area contributed by atoms with Crippen LogP contribution in [0.5, 0.6) is 0 Å².